The van der Waals surface area contributed by atoms with Crippen LogP contribution in [0, 0.1) is 0 Å². The minimum absolute atomic E-state index is 0.163. The molecule has 1 unspecified atom stereocenters. The van der Waals surface area contributed by atoms with Crippen LogP contribution in [0.2, 0.25) is 0 Å². The van der Waals surface area contributed by atoms with E-state index in [4.69, 9.17) is 24.3 Å². The molecule has 4 rings (SSSR count). The molecule has 5 atom stereocenters. The molecule has 3 aromatic rings. The molecule has 38 heavy (non-hydrogen) atoms. The van der Waals surface area contributed by atoms with Gasteiger partial charge in [0.25, 0.3) is 0 Å². The van der Waals surface area contributed by atoms with Crippen molar-refractivity contribution in [1.82, 2.24) is 19.7 Å². The monoisotopic (exact) mass is 544 g/mol. The molecule has 0 saturated carbocycles. The molecular formula is C23H29N8O6P. The van der Waals surface area contributed by atoms with Crippen molar-refractivity contribution in [3.63, 3.8) is 0 Å². The largest absolute Gasteiger partial charge is 0.465 e. The molecule has 1 aliphatic heterocycles. The minimum Gasteiger partial charge on any atom is -0.465 e. The van der Waals surface area contributed by atoms with Gasteiger partial charge >= 0.3 is 13.7 Å². The Kier molecular flexibility index (Phi) is 8.20. The average molecular weight is 545 g/mol. The molecule has 1 saturated heterocycles. The number of nitrogens with two attached hydrogens (primary N) is 1. The van der Waals surface area contributed by atoms with E-state index >= 15 is 0 Å². The number of fused-ring (bicyclic) bond motifs is 1. The number of para-hydroxylation sites is 1. The van der Waals surface area contributed by atoms with Crippen LogP contribution in [0.25, 0.3) is 16.0 Å². The smallest absolute Gasteiger partial charge is 0.459 e. The molecule has 1 aliphatic rings. The van der Waals surface area contributed by atoms with Crippen molar-refractivity contribution in [2.75, 3.05) is 18.9 Å². The highest BCUT2D eigenvalue weighted by Gasteiger charge is 2.48. The highest BCUT2D eigenvalue weighted by Crippen LogP contribution is 2.48. The van der Waals surface area contributed by atoms with Crippen LogP contribution in [0.3, 0.4) is 0 Å². The average Bonchev–Trinajstić information content (AvgIpc) is 3.45. The number of hydrogen-bond acceptors (Lipinski definition) is 10. The Hall–Kier alpha value is -3.67. The lowest BCUT2D eigenvalue weighted by Gasteiger charge is -2.24. The Labute approximate surface area is 218 Å². The van der Waals surface area contributed by atoms with Crippen molar-refractivity contribution in [3.05, 3.63) is 64.9 Å². The Balaban J connectivity index is 1.56. The summed E-state index contributed by atoms with van der Waals surface area (Å²) in [5.74, 6) is -0.0432. The molecule has 14 nitrogen and oxygen atoms in total. The van der Waals surface area contributed by atoms with Gasteiger partial charge in [-0.15, -0.1) is 0 Å². The predicted octanol–water partition coefficient (Wildman–Crippen LogP) is 3.96. The Morgan fingerprint density at radius 2 is 2.16 bits per heavy atom. The van der Waals surface area contributed by atoms with E-state index in [0.717, 1.165) is 0 Å². The van der Waals surface area contributed by atoms with E-state index in [9.17, 15) is 14.9 Å². The van der Waals surface area contributed by atoms with E-state index < -0.39 is 37.5 Å². The molecule has 1 fully saturated rings. The summed E-state index contributed by atoms with van der Waals surface area (Å²) < 4.78 is 38.0. The van der Waals surface area contributed by atoms with Gasteiger partial charge in [0.05, 0.1) is 30.6 Å². The predicted molar refractivity (Wildman–Crippen MR) is 137 cm³/mol. The lowest BCUT2D eigenvalue weighted by Crippen LogP contribution is -2.35. The fourth-order valence-corrected chi connectivity index (χ4v) is 5.78. The number of rotatable bonds is 11. The number of carbonyl (C=O) groups is 1. The maximum Gasteiger partial charge on any atom is 0.459 e. The van der Waals surface area contributed by atoms with Gasteiger partial charge in [0.2, 0.25) is 0 Å². The van der Waals surface area contributed by atoms with E-state index in [0.29, 0.717) is 11.2 Å². The van der Waals surface area contributed by atoms with Crippen molar-refractivity contribution in [3.8, 4) is 5.75 Å². The van der Waals surface area contributed by atoms with Gasteiger partial charge in [-0.05, 0) is 50.1 Å². The van der Waals surface area contributed by atoms with Gasteiger partial charge in [0.15, 0.2) is 5.82 Å². The number of aromatic nitrogens is 3. The molecular weight excluding hydrogens is 515 g/mol. The first kappa shape index (κ1) is 27.4. The normalized spacial score (nSPS) is 23.3. The van der Waals surface area contributed by atoms with E-state index in [-0.39, 0.29) is 31.2 Å². The summed E-state index contributed by atoms with van der Waals surface area (Å²) in [5.41, 5.74) is 15.4. The number of nitrogens with zero attached hydrogens (tertiary/aromatic N) is 6. The van der Waals surface area contributed by atoms with Gasteiger partial charge in [-0.25, -0.2) is 14.1 Å². The zero-order valence-electron chi connectivity index (χ0n) is 21.1. The van der Waals surface area contributed by atoms with Crippen LogP contribution in [-0.4, -0.2) is 51.5 Å². The van der Waals surface area contributed by atoms with Gasteiger partial charge in [-0.3, -0.25) is 9.32 Å². The highest BCUT2D eigenvalue weighted by atomic mass is 31.2. The zero-order chi connectivity index (χ0) is 27.3. The quantitative estimate of drug-likeness (QED) is 0.118. The van der Waals surface area contributed by atoms with Gasteiger partial charge in [-0.1, -0.05) is 30.2 Å². The Bertz CT molecular complexity index is 1380. The van der Waals surface area contributed by atoms with Crippen LogP contribution in [-0.2, 0) is 23.4 Å². The first-order valence-corrected chi connectivity index (χ1v) is 13.5. The first-order valence-electron chi connectivity index (χ1n) is 11.9. The van der Waals surface area contributed by atoms with E-state index in [2.05, 4.69) is 25.2 Å². The number of anilines is 1. The number of azide groups is 1. The summed E-state index contributed by atoms with van der Waals surface area (Å²) in [4.78, 5) is 19.2. The zero-order valence-corrected chi connectivity index (χ0v) is 22.0. The van der Waals surface area contributed by atoms with E-state index in [1.807, 2.05) is 0 Å². The van der Waals surface area contributed by atoms with Crippen LogP contribution in [0.5, 0.6) is 5.75 Å². The summed E-state index contributed by atoms with van der Waals surface area (Å²) >= 11 is 0. The number of esters is 1. The second kappa shape index (κ2) is 11.4. The highest BCUT2D eigenvalue weighted by molar-refractivity contribution is 7.52. The third-order valence-corrected chi connectivity index (χ3v) is 7.62. The van der Waals surface area contributed by atoms with Crippen LogP contribution in [0.15, 0.2) is 53.9 Å². The third-order valence-electron chi connectivity index (χ3n) is 5.98. The SMILES string of the molecule is CCOC(=O)[C@H](C)NP(=O)(OC[C@@H]1C[C@@](C)(N=[N+]=[N-])[C@H](c2ccc3c(N)ncnn23)O1)Oc1ccccc1. The summed E-state index contributed by atoms with van der Waals surface area (Å²) in [5, 5.41) is 10.9. The van der Waals surface area contributed by atoms with Crippen molar-refractivity contribution < 1.29 is 27.9 Å². The number of nitrogen functional groups attached to an aromatic ring is 1. The second-order valence-electron chi connectivity index (χ2n) is 8.89. The molecule has 0 radical (unpaired) electrons. The molecule has 3 N–H and O–H groups in total. The number of ether oxygens (including phenoxy) is 2. The lowest BCUT2D eigenvalue weighted by atomic mass is 9.91. The minimum atomic E-state index is -4.09. The van der Waals surface area contributed by atoms with Crippen LogP contribution >= 0.6 is 7.75 Å². The molecule has 2 aromatic heterocycles. The number of benzene rings is 1. The maximum atomic E-state index is 13.7. The molecule has 0 spiro atoms. The van der Waals surface area contributed by atoms with Crippen molar-refractivity contribution >= 4 is 25.1 Å². The van der Waals surface area contributed by atoms with Crippen LogP contribution in [0.1, 0.15) is 39.0 Å². The van der Waals surface area contributed by atoms with Gasteiger partial charge < -0.3 is 19.7 Å². The summed E-state index contributed by atoms with van der Waals surface area (Å²) in [7, 11) is -4.09. The van der Waals surface area contributed by atoms with Crippen molar-refractivity contribution in [1.29, 1.82) is 0 Å². The molecule has 15 heteroatoms. The molecule has 0 aliphatic carbocycles. The van der Waals surface area contributed by atoms with Gasteiger partial charge in [-0.2, -0.15) is 10.2 Å². The number of nitrogens with one attached hydrogen (secondary N) is 1. The summed E-state index contributed by atoms with van der Waals surface area (Å²) in [6, 6.07) is 11.0. The second-order valence-corrected chi connectivity index (χ2v) is 10.6. The molecule has 3 heterocycles. The fraction of sp³-hybridized carbons (Fsp3) is 0.435. The van der Waals surface area contributed by atoms with Gasteiger partial charge in [0, 0.05) is 4.91 Å². The first-order chi connectivity index (χ1) is 18.2. The fourth-order valence-electron chi connectivity index (χ4n) is 4.26. The molecule has 202 valence electrons. The molecule has 0 bridgehead atoms. The van der Waals surface area contributed by atoms with Crippen molar-refractivity contribution in [2.24, 2.45) is 5.11 Å². The Morgan fingerprint density at radius 1 is 1.39 bits per heavy atom. The number of hydrogen-bond donors (Lipinski definition) is 2. The van der Waals surface area contributed by atoms with E-state index in [1.54, 1.807) is 60.8 Å². The van der Waals surface area contributed by atoms with Crippen LogP contribution in [0.4, 0.5) is 5.82 Å². The van der Waals surface area contributed by atoms with Gasteiger partial charge in [0.1, 0.15) is 29.7 Å². The number of carbonyl (C=O) groups excluding carboxylic acids is 1. The summed E-state index contributed by atoms with van der Waals surface area (Å²) in [6.45, 7) is 4.89. The van der Waals surface area contributed by atoms with Crippen LogP contribution < -0.4 is 15.3 Å². The molecule has 0 amide bonds. The maximum absolute atomic E-state index is 13.7. The third kappa shape index (κ3) is 5.90. The lowest BCUT2D eigenvalue weighted by molar-refractivity contribution is -0.144. The topological polar surface area (TPSA) is 188 Å². The Morgan fingerprint density at radius 3 is 2.87 bits per heavy atom. The standard InChI is InChI=1S/C23H29N8O6P/c1-4-34-22(32)15(2)28-38(33,37-16-8-6-5-7-9-16)35-13-17-12-23(3,29-30-25)20(36-17)18-10-11-19-21(24)26-14-27-31(18)19/h5-11,14-15,17,20H,4,12-13H2,1-3H3,(H,28,33)(H2,24,26,27)/t15-,17-,20-,23+,38?/m0/s1. The van der Waals surface area contributed by atoms with Crippen molar-refractivity contribution in [2.45, 2.75) is 51.0 Å². The summed E-state index contributed by atoms with van der Waals surface area (Å²) in [6.07, 6.45) is 0.200. The van der Waals surface area contributed by atoms with E-state index in [1.165, 1.54) is 13.3 Å². The molecule has 1 aromatic carbocycles.